The van der Waals surface area contributed by atoms with Crippen LogP contribution in [0.1, 0.15) is 31.0 Å². The van der Waals surface area contributed by atoms with Crippen LogP contribution in [0.4, 0.5) is 0 Å². The fourth-order valence-corrected chi connectivity index (χ4v) is 5.13. The van der Waals surface area contributed by atoms with Gasteiger partial charge in [0.25, 0.3) is 5.56 Å². The fraction of sp³-hybridized carbons (Fsp3) is 0.192. The summed E-state index contributed by atoms with van der Waals surface area (Å²) in [5, 5.41) is 0.822. The molecule has 0 saturated carbocycles. The van der Waals surface area contributed by atoms with E-state index in [-0.39, 0.29) is 12.2 Å². The number of benzene rings is 2. The third kappa shape index (κ3) is 5.12. The van der Waals surface area contributed by atoms with Gasteiger partial charge in [0.15, 0.2) is 4.80 Å². The molecule has 0 N–H and O–H groups in total. The first kappa shape index (κ1) is 25.0. The van der Waals surface area contributed by atoms with Gasteiger partial charge in [-0.05, 0) is 55.3 Å². The highest BCUT2D eigenvalue weighted by Gasteiger charge is 2.33. The fourth-order valence-electron chi connectivity index (χ4n) is 3.78. The van der Waals surface area contributed by atoms with Crippen molar-refractivity contribution < 1.29 is 14.3 Å². The molecule has 6 nitrogen and oxygen atoms in total. The van der Waals surface area contributed by atoms with Crippen molar-refractivity contribution in [2.45, 2.75) is 19.9 Å². The molecule has 0 spiro atoms. The van der Waals surface area contributed by atoms with E-state index in [1.165, 1.54) is 22.0 Å². The molecule has 2 aromatic carbocycles. The Kier molecular flexibility index (Phi) is 7.60. The van der Waals surface area contributed by atoms with Crippen LogP contribution in [-0.2, 0) is 9.53 Å². The van der Waals surface area contributed by atoms with Crippen molar-refractivity contribution in [1.82, 2.24) is 4.57 Å². The molecule has 0 bridgehead atoms. The predicted molar refractivity (Wildman–Crippen MR) is 139 cm³/mol. The minimum Gasteiger partial charge on any atom is -0.494 e. The Balaban J connectivity index is 1.90. The summed E-state index contributed by atoms with van der Waals surface area (Å²) in [5.41, 5.74) is 1.96. The number of carbonyl (C=O) groups excluding carboxylic acids is 1. The number of esters is 1. The number of rotatable bonds is 7. The molecule has 2 heterocycles. The van der Waals surface area contributed by atoms with Crippen LogP contribution in [-0.4, -0.2) is 23.8 Å². The zero-order chi connectivity index (χ0) is 25.1. The maximum Gasteiger partial charge on any atom is 0.338 e. The monoisotopic (exact) mass is 528 g/mol. The summed E-state index contributed by atoms with van der Waals surface area (Å²) in [7, 11) is 0. The minimum absolute atomic E-state index is 0.0490. The van der Waals surface area contributed by atoms with Gasteiger partial charge in [-0.3, -0.25) is 9.36 Å². The number of thiazole rings is 1. The molecule has 0 radical (unpaired) electrons. The van der Waals surface area contributed by atoms with Crippen LogP contribution in [0.2, 0.25) is 10.0 Å². The van der Waals surface area contributed by atoms with E-state index in [4.69, 9.17) is 32.7 Å². The van der Waals surface area contributed by atoms with Crippen LogP contribution in [0.15, 0.2) is 76.2 Å². The summed E-state index contributed by atoms with van der Waals surface area (Å²) in [6.07, 6.45) is 3.22. The lowest BCUT2D eigenvalue weighted by molar-refractivity contribution is -0.138. The molecule has 4 rings (SSSR count). The van der Waals surface area contributed by atoms with E-state index in [2.05, 4.69) is 11.6 Å². The molecule has 0 aliphatic carbocycles. The summed E-state index contributed by atoms with van der Waals surface area (Å²) in [6.45, 7) is 7.82. The predicted octanol–water partition coefficient (Wildman–Crippen LogP) is 4.67. The number of ether oxygens (including phenoxy) is 2. The minimum atomic E-state index is -0.713. The Hall–Kier alpha value is -3.13. The average molecular weight is 529 g/mol. The Morgan fingerprint density at radius 1 is 1.20 bits per heavy atom. The summed E-state index contributed by atoms with van der Waals surface area (Å²) < 4.78 is 12.9. The third-order valence-corrected chi connectivity index (χ3v) is 7.04. The highest BCUT2D eigenvalue weighted by atomic mass is 35.5. The summed E-state index contributed by atoms with van der Waals surface area (Å²) in [6, 6.07) is 11.7. The van der Waals surface area contributed by atoms with E-state index in [1.54, 1.807) is 31.2 Å². The van der Waals surface area contributed by atoms with Gasteiger partial charge in [0.1, 0.15) is 12.4 Å². The highest BCUT2D eigenvalue weighted by molar-refractivity contribution is 7.07. The number of carbonyl (C=O) groups is 1. The van der Waals surface area contributed by atoms with Gasteiger partial charge in [-0.1, -0.05) is 65.4 Å². The Morgan fingerprint density at radius 3 is 2.60 bits per heavy atom. The highest BCUT2D eigenvalue weighted by Crippen LogP contribution is 2.31. The molecule has 1 unspecified atom stereocenters. The smallest absolute Gasteiger partial charge is 0.338 e. The number of allylic oxidation sites excluding steroid dienone is 1. The molecule has 0 amide bonds. The number of nitrogens with zero attached hydrogens (tertiary/aromatic N) is 2. The number of hydrogen-bond donors (Lipinski definition) is 0. The SMILES string of the molecule is C=CCOC(=O)C1=C(C)N=c2sc(=Cc3ccc(Cl)c(Cl)c3)c(=O)n2C1c1ccc(OCC)cc1. The van der Waals surface area contributed by atoms with Crippen LogP contribution in [0, 0.1) is 0 Å². The van der Waals surface area contributed by atoms with Gasteiger partial charge >= 0.3 is 5.97 Å². The van der Waals surface area contributed by atoms with Crippen LogP contribution < -0.4 is 19.6 Å². The van der Waals surface area contributed by atoms with E-state index in [0.717, 1.165) is 11.1 Å². The van der Waals surface area contributed by atoms with Gasteiger partial charge in [0.2, 0.25) is 0 Å². The molecule has 1 aliphatic heterocycles. The van der Waals surface area contributed by atoms with Gasteiger partial charge in [0.05, 0.1) is 38.5 Å². The Labute approximate surface area is 216 Å². The first-order valence-corrected chi connectivity index (χ1v) is 12.4. The van der Waals surface area contributed by atoms with Crippen molar-refractivity contribution >= 4 is 46.6 Å². The van der Waals surface area contributed by atoms with Crippen molar-refractivity contribution in [2.24, 2.45) is 4.99 Å². The molecular formula is C26H22Cl2N2O4S. The number of fused-ring (bicyclic) bond motifs is 1. The average Bonchev–Trinajstić information content (AvgIpc) is 3.14. The van der Waals surface area contributed by atoms with E-state index >= 15 is 0 Å². The van der Waals surface area contributed by atoms with Gasteiger partial charge < -0.3 is 9.47 Å². The Bertz CT molecular complexity index is 1500. The number of hydrogen-bond acceptors (Lipinski definition) is 6. The molecular weight excluding hydrogens is 507 g/mol. The second kappa shape index (κ2) is 10.6. The first-order chi connectivity index (χ1) is 16.8. The quantitative estimate of drug-likeness (QED) is 0.330. The lowest BCUT2D eigenvalue weighted by Gasteiger charge is -2.24. The second-order valence-electron chi connectivity index (χ2n) is 7.64. The van der Waals surface area contributed by atoms with E-state index in [9.17, 15) is 9.59 Å². The lowest BCUT2D eigenvalue weighted by Crippen LogP contribution is -2.39. The second-order valence-corrected chi connectivity index (χ2v) is 9.47. The van der Waals surface area contributed by atoms with Crippen molar-refractivity contribution in [1.29, 1.82) is 0 Å². The maximum absolute atomic E-state index is 13.6. The number of halogens is 2. The van der Waals surface area contributed by atoms with E-state index < -0.39 is 12.0 Å². The van der Waals surface area contributed by atoms with Crippen molar-refractivity contribution in [3.05, 3.63) is 107 Å². The molecule has 0 saturated heterocycles. The van der Waals surface area contributed by atoms with Crippen LogP contribution >= 0.6 is 34.5 Å². The van der Waals surface area contributed by atoms with Crippen LogP contribution in [0.3, 0.4) is 0 Å². The topological polar surface area (TPSA) is 69.9 Å². The molecule has 9 heteroatoms. The summed E-state index contributed by atoms with van der Waals surface area (Å²) >= 11 is 13.4. The van der Waals surface area contributed by atoms with E-state index in [0.29, 0.717) is 43.0 Å². The molecule has 0 fully saturated rings. The maximum atomic E-state index is 13.6. The van der Waals surface area contributed by atoms with E-state index in [1.807, 2.05) is 31.2 Å². The first-order valence-electron chi connectivity index (χ1n) is 10.8. The molecule has 35 heavy (non-hydrogen) atoms. The molecule has 1 aromatic heterocycles. The summed E-state index contributed by atoms with van der Waals surface area (Å²) in [5.74, 6) is 0.142. The van der Waals surface area contributed by atoms with Crippen LogP contribution in [0.5, 0.6) is 5.75 Å². The van der Waals surface area contributed by atoms with Gasteiger partial charge in [-0.2, -0.15) is 0 Å². The van der Waals surface area contributed by atoms with Crippen LogP contribution in [0.25, 0.3) is 6.08 Å². The molecule has 3 aromatic rings. The normalized spacial score (nSPS) is 15.4. The Morgan fingerprint density at radius 2 is 1.94 bits per heavy atom. The third-order valence-electron chi connectivity index (χ3n) is 5.32. The van der Waals surface area contributed by atoms with Crippen molar-refractivity contribution in [3.63, 3.8) is 0 Å². The lowest BCUT2D eigenvalue weighted by atomic mass is 9.96. The van der Waals surface area contributed by atoms with Gasteiger partial charge in [0, 0.05) is 0 Å². The van der Waals surface area contributed by atoms with Gasteiger partial charge in [-0.15, -0.1) is 0 Å². The van der Waals surface area contributed by atoms with Gasteiger partial charge in [-0.25, -0.2) is 9.79 Å². The zero-order valence-electron chi connectivity index (χ0n) is 19.1. The van der Waals surface area contributed by atoms with Crippen molar-refractivity contribution in [2.75, 3.05) is 13.2 Å². The standard InChI is InChI=1S/C26H22Cl2N2O4S/c1-4-12-34-25(32)22-15(3)29-26-30(23(22)17-7-9-18(10-8-17)33-5-2)24(31)21(35-26)14-16-6-11-19(27)20(28)13-16/h4,6-11,13-14,23H,1,5,12H2,2-3H3. The molecule has 180 valence electrons. The molecule has 1 aliphatic rings. The van der Waals surface area contributed by atoms with Crippen molar-refractivity contribution in [3.8, 4) is 5.75 Å². The largest absolute Gasteiger partial charge is 0.494 e. The summed E-state index contributed by atoms with van der Waals surface area (Å²) in [4.78, 5) is 31.7. The zero-order valence-corrected chi connectivity index (χ0v) is 21.4. The number of aromatic nitrogens is 1. The molecule has 1 atom stereocenters.